The second kappa shape index (κ2) is 8.75. The van der Waals surface area contributed by atoms with Crippen molar-refractivity contribution < 1.29 is 18.7 Å². The van der Waals surface area contributed by atoms with Gasteiger partial charge in [-0.15, -0.1) is 0 Å². The Labute approximate surface area is 159 Å². The highest BCUT2D eigenvalue weighted by Crippen LogP contribution is 2.21. The molecule has 1 atom stereocenters. The second-order valence-electron chi connectivity index (χ2n) is 6.94. The van der Waals surface area contributed by atoms with Gasteiger partial charge in [0, 0.05) is 20.1 Å². The van der Waals surface area contributed by atoms with Gasteiger partial charge in [0.05, 0.1) is 18.7 Å². The maximum Gasteiger partial charge on any atom is 0.289 e. The van der Waals surface area contributed by atoms with Gasteiger partial charge in [0.15, 0.2) is 5.76 Å². The highest BCUT2D eigenvalue weighted by atomic mass is 16.5. The SMILES string of the molecule is Cc1ccccc1OCCN(C)C(=O)C1CCCN(C(=O)c2ccco2)C1. The number of nitrogens with zero attached hydrogens (tertiary/aromatic N) is 2. The lowest BCUT2D eigenvalue weighted by atomic mass is 9.96. The van der Waals surface area contributed by atoms with E-state index >= 15 is 0 Å². The molecule has 0 aliphatic carbocycles. The zero-order chi connectivity index (χ0) is 19.2. The molecule has 6 heteroatoms. The Balaban J connectivity index is 1.50. The molecule has 1 fully saturated rings. The van der Waals surface area contributed by atoms with Gasteiger partial charge in [-0.3, -0.25) is 9.59 Å². The highest BCUT2D eigenvalue weighted by Gasteiger charge is 2.31. The Morgan fingerprint density at radius 1 is 1.26 bits per heavy atom. The van der Waals surface area contributed by atoms with Crippen molar-refractivity contribution >= 4 is 11.8 Å². The largest absolute Gasteiger partial charge is 0.491 e. The van der Waals surface area contributed by atoms with Gasteiger partial charge in [-0.25, -0.2) is 0 Å². The van der Waals surface area contributed by atoms with E-state index in [9.17, 15) is 9.59 Å². The van der Waals surface area contributed by atoms with Gasteiger partial charge in [0.25, 0.3) is 5.91 Å². The summed E-state index contributed by atoms with van der Waals surface area (Å²) in [5, 5.41) is 0. The number of likely N-dealkylation sites (N-methyl/N-ethyl adjacent to an activating group) is 1. The summed E-state index contributed by atoms with van der Waals surface area (Å²) < 4.78 is 11.0. The normalized spacial score (nSPS) is 16.8. The summed E-state index contributed by atoms with van der Waals surface area (Å²) >= 11 is 0. The van der Waals surface area contributed by atoms with Crippen LogP contribution in [0.5, 0.6) is 5.75 Å². The van der Waals surface area contributed by atoms with Gasteiger partial charge < -0.3 is 19.0 Å². The van der Waals surface area contributed by atoms with Crippen LogP contribution in [0.2, 0.25) is 0 Å². The molecular weight excluding hydrogens is 344 g/mol. The average Bonchev–Trinajstić information content (AvgIpc) is 3.23. The fraction of sp³-hybridized carbons (Fsp3) is 0.429. The van der Waals surface area contributed by atoms with Crippen LogP contribution in [0, 0.1) is 12.8 Å². The van der Waals surface area contributed by atoms with Gasteiger partial charge in [0.2, 0.25) is 5.91 Å². The van der Waals surface area contributed by atoms with Crippen molar-refractivity contribution in [1.82, 2.24) is 9.80 Å². The molecule has 3 rings (SSSR count). The molecule has 2 aromatic rings. The lowest BCUT2D eigenvalue weighted by Crippen LogP contribution is -2.46. The Hall–Kier alpha value is -2.76. The third-order valence-corrected chi connectivity index (χ3v) is 4.94. The van der Waals surface area contributed by atoms with E-state index in [-0.39, 0.29) is 17.7 Å². The fourth-order valence-electron chi connectivity index (χ4n) is 3.35. The first-order valence-electron chi connectivity index (χ1n) is 9.32. The van der Waals surface area contributed by atoms with Crippen molar-refractivity contribution in [3.8, 4) is 5.75 Å². The van der Waals surface area contributed by atoms with Crippen LogP contribution in [0.1, 0.15) is 29.0 Å². The molecule has 1 aromatic carbocycles. The molecule has 0 bridgehead atoms. The lowest BCUT2D eigenvalue weighted by molar-refractivity contribution is -0.135. The number of benzene rings is 1. The number of amides is 2. The van der Waals surface area contributed by atoms with Gasteiger partial charge in [-0.2, -0.15) is 0 Å². The number of hydrogen-bond acceptors (Lipinski definition) is 4. The van der Waals surface area contributed by atoms with Crippen LogP contribution < -0.4 is 4.74 Å². The standard InChI is InChI=1S/C21H26N2O4/c1-16-7-3-4-9-18(16)27-14-12-22(2)20(24)17-8-5-11-23(15-17)21(25)19-10-6-13-26-19/h3-4,6-7,9-10,13,17H,5,8,11-12,14-15H2,1-2H3. The molecule has 1 aliphatic rings. The van der Waals surface area contributed by atoms with Crippen molar-refractivity contribution in [2.45, 2.75) is 19.8 Å². The highest BCUT2D eigenvalue weighted by molar-refractivity contribution is 5.92. The molecule has 1 aliphatic heterocycles. The van der Waals surface area contributed by atoms with Crippen molar-refractivity contribution in [2.24, 2.45) is 5.92 Å². The molecule has 0 N–H and O–H groups in total. The molecule has 27 heavy (non-hydrogen) atoms. The summed E-state index contributed by atoms with van der Waals surface area (Å²) in [6.45, 7) is 4.03. The van der Waals surface area contributed by atoms with Gasteiger partial charge >= 0.3 is 0 Å². The number of aryl methyl sites for hydroxylation is 1. The number of hydrogen-bond donors (Lipinski definition) is 0. The molecule has 2 heterocycles. The number of piperidine rings is 1. The summed E-state index contributed by atoms with van der Waals surface area (Å²) in [5.74, 6) is 0.888. The third-order valence-electron chi connectivity index (χ3n) is 4.94. The predicted molar refractivity (Wildman–Crippen MR) is 102 cm³/mol. The Morgan fingerprint density at radius 3 is 2.81 bits per heavy atom. The van der Waals surface area contributed by atoms with E-state index < -0.39 is 0 Å². The quantitative estimate of drug-likeness (QED) is 0.784. The molecule has 1 unspecified atom stereocenters. The fourth-order valence-corrected chi connectivity index (χ4v) is 3.35. The Kier molecular flexibility index (Phi) is 6.16. The summed E-state index contributed by atoms with van der Waals surface area (Å²) in [7, 11) is 1.79. The number of furan rings is 1. The number of carbonyl (C=O) groups excluding carboxylic acids is 2. The zero-order valence-electron chi connectivity index (χ0n) is 15.9. The molecule has 1 saturated heterocycles. The zero-order valence-corrected chi connectivity index (χ0v) is 15.9. The van der Waals surface area contributed by atoms with Crippen LogP contribution in [-0.2, 0) is 4.79 Å². The van der Waals surface area contributed by atoms with Gasteiger partial charge in [-0.1, -0.05) is 18.2 Å². The molecule has 0 saturated carbocycles. The first-order valence-corrected chi connectivity index (χ1v) is 9.32. The Bertz CT molecular complexity index is 772. The monoisotopic (exact) mass is 370 g/mol. The van der Waals surface area contributed by atoms with E-state index in [0.717, 1.165) is 24.2 Å². The molecule has 6 nitrogen and oxygen atoms in total. The van der Waals surface area contributed by atoms with Crippen molar-refractivity contribution in [3.05, 3.63) is 54.0 Å². The third kappa shape index (κ3) is 4.70. The summed E-state index contributed by atoms with van der Waals surface area (Å²) in [6, 6.07) is 11.2. The molecule has 2 amide bonds. The number of rotatable bonds is 6. The summed E-state index contributed by atoms with van der Waals surface area (Å²) in [4.78, 5) is 28.6. The second-order valence-corrected chi connectivity index (χ2v) is 6.94. The van der Waals surface area contributed by atoms with Gasteiger partial charge in [-0.05, 0) is 43.5 Å². The minimum Gasteiger partial charge on any atom is -0.491 e. The van der Waals surface area contributed by atoms with Crippen LogP contribution in [0.25, 0.3) is 0 Å². The molecule has 144 valence electrons. The molecule has 0 spiro atoms. The summed E-state index contributed by atoms with van der Waals surface area (Å²) in [6.07, 6.45) is 3.10. The van der Waals surface area contributed by atoms with E-state index in [2.05, 4.69) is 0 Å². The minimum atomic E-state index is -0.180. The van der Waals surface area contributed by atoms with Crippen LogP contribution in [0.4, 0.5) is 0 Å². The van der Waals surface area contributed by atoms with E-state index in [1.54, 1.807) is 29.0 Å². The molecule has 1 aromatic heterocycles. The first-order chi connectivity index (χ1) is 13.1. The topological polar surface area (TPSA) is 63.0 Å². The maximum absolute atomic E-state index is 12.8. The lowest BCUT2D eigenvalue weighted by Gasteiger charge is -2.33. The van der Waals surface area contributed by atoms with Crippen LogP contribution in [-0.4, -0.2) is 54.9 Å². The maximum atomic E-state index is 12.8. The van der Waals surface area contributed by atoms with E-state index in [1.165, 1.54) is 6.26 Å². The van der Waals surface area contributed by atoms with Crippen molar-refractivity contribution in [3.63, 3.8) is 0 Å². The minimum absolute atomic E-state index is 0.0559. The van der Waals surface area contributed by atoms with Crippen LogP contribution >= 0.6 is 0 Å². The number of carbonyl (C=O) groups is 2. The van der Waals surface area contributed by atoms with E-state index in [4.69, 9.17) is 9.15 Å². The van der Waals surface area contributed by atoms with E-state index in [0.29, 0.717) is 32.0 Å². The predicted octanol–water partition coefficient (Wildman–Crippen LogP) is 2.98. The van der Waals surface area contributed by atoms with Crippen molar-refractivity contribution in [2.75, 3.05) is 33.3 Å². The summed E-state index contributed by atoms with van der Waals surface area (Å²) in [5.41, 5.74) is 1.07. The van der Waals surface area contributed by atoms with Gasteiger partial charge in [0.1, 0.15) is 12.4 Å². The first kappa shape index (κ1) is 19.0. The smallest absolute Gasteiger partial charge is 0.289 e. The van der Waals surface area contributed by atoms with E-state index in [1.807, 2.05) is 31.2 Å². The number of para-hydroxylation sites is 1. The molecular formula is C21H26N2O4. The number of ether oxygens (including phenoxy) is 1. The number of likely N-dealkylation sites (tertiary alicyclic amines) is 1. The Morgan fingerprint density at radius 2 is 2.07 bits per heavy atom. The van der Waals surface area contributed by atoms with Crippen molar-refractivity contribution in [1.29, 1.82) is 0 Å². The van der Waals surface area contributed by atoms with Crippen LogP contribution in [0.15, 0.2) is 47.1 Å². The van der Waals surface area contributed by atoms with Crippen LogP contribution in [0.3, 0.4) is 0 Å². The average molecular weight is 370 g/mol. The molecule has 0 radical (unpaired) electrons.